The first-order chi connectivity index (χ1) is 16.0. The largest absolute Gasteiger partial charge is 0.493 e. The number of benzene rings is 2. The third kappa shape index (κ3) is 5.64. The molecule has 3 aromatic rings. The van der Waals surface area contributed by atoms with E-state index in [1.54, 1.807) is 41.5 Å². The SMILES string of the molecule is Cc1cc(CCOc2ccc(C(=O)NC3(CC(=O)NO)CCSC3)cc2)c2ccccc2n1. The van der Waals surface area contributed by atoms with Gasteiger partial charge >= 0.3 is 0 Å². The van der Waals surface area contributed by atoms with Gasteiger partial charge in [-0.1, -0.05) is 18.2 Å². The lowest BCUT2D eigenvalue weighted by atomic mass is 9.93. The van der Waals surface area contributed by atoms with Crippen molar-refractivity contribution in [2.45, 2.75) is 31.7 Å². The van der Waals surface area contributed by atoms with Gasteiger partial charge in [0.1, 0.15) is 5.75 Å². The van der Waals surface area contributed by atoms with Crippen molar-refractivity contribution in [3.8, 4) is 5.75 Å². The fourth-order valence-corrected chi connectivity index (χ4v) is 5.52. The molecular weight excluding hydrogens is 438 g/mol. The Morgan fingerprint density at radius 2 is 1.97 bits per heavy atom. The van der Waals surface area contributed by atoms with Crippen LogP contribution in [0, 0.1) is 6.92 Å². The topological polar surface area (TPSA) is 101 Å². The van der Waals surface area contributed by atoms with E-state index < -0.39 is 11.4 Å². The van der Waals surface area contributed by atoms with Gasteiger partial charge in [0.2, 0.25) is 5.91 Å². The minimum Gasteiger partial charge on any atom is -0.493 e. The molecule has 2 heterocycles. The molecule has 1 saturated heterocycles. The van der Waals surface area contributed by atoms with Crippen molar-refractivity contribution in [3.05, 3.63) is 71.4 Å². The summed E-state index contributed by atoms with van der Waals surface area (Å²) in [6, 6.07) is 17.2. The highest BCUT2D eigenvalue weighted by atomic mass is 32.2. The number of fused-ring (bicyclic) bond motifs is 1. The Kier molecular flexibility index (Phi) is 7.15. The molecule has 1 aliphatic rings. The maximum absolute atomic E-state index is 12.8. The van der Waals surface area contributed by atoms with Crippen LogP contribution in [-0.2, 0) is 11.2 Å². The van der Waals surface area contributed by atoms with Crippen LogP contribution < -0.4 is 15.5 Å². The Hall–Kier alpha value is -3.10. The number of hydrogen-bond donors (Lipinski definition) is 3. The number of nitrogens with one attached hydrogen (secondary N) is 2. The van der Waals surface area contributed by atoms with E-state index in [4.69, 9.17) is 9.94 Å². The van der Waals surface area contributed by atoms with Gasteiger partial charge in [0.15, 0.2) is 0 Å². The van der Waals surface area contributed by atoms with E-state index in [-0.39, 0.29) is 12.3 Å². The maximum Gasteiger partial charge on any atom is 0.251 e. The van der Waals surface area contributed by atoms with Crippen molar-refractivity contribution >= 4 is 34.5 Å². The number of aryl methyl sites for hydroxylation is 1. The summed E-state index contributed by atoms with van der Waals surface area (Å²) >= 11 is 1.68. The summed E-state index contributed by atoms with van der Waals surface area (Å²) in [5.41, 5.74) is 4.68. The molecule has 33 heavy (non-hydrogen) atoms. The molecule has 172 valence electrons. The molecule has 1 fully saturated rings. The Morgan fingerprint density at radius 3 is 2.70 bits per heavy atom. The number of nitrogens with zero attached hydrogens (tertiary/aromatic N) is 1. The molecule has 1 aliphatic heterocycles. The summed E-state index contributed by atoms with van der Waals surface area (Å²) in [5, 5.41) is 13.0. The minimum atomic E-state index is -0.644. The number of thioether (sulfide) groups is 1. The van der Waals surface area contributed by atoms with Crippen LogP contribution in [0.5, 0.6) is 5.75 Å². The summed E-state index contributed by atoms with van der Waals surface area (Å²) in [4.78, 5) is 29.0. The number of carbonyl (C=O) groups excluding carboxylic acids is 2. The minimum absolute atomic E-state index is 0.0482. The molecular formula is C25H27N3O4S. The zero-order chi connectivity index (χ0) is 23.3. The van der Waals surface area contributed by atoms with Crippen LogP contribution in [0.15, 0.2) is 54.6 Å². The molecule has 0 spiro atoms. The van der Waals surface area contributed by atoms with Gasteiger partial charge in [-0.2, -0.15) is 11.8 Å². The number of hydroxylamine groups is 1. The Balaban J connectivity index is 1.36. The van der Waals surface area contributed by atoms with Gasteiger partial charge in [-0.3, -0.25) is 19.8 Å². The van der Waals surface area contributed by atoms with Gasteiger partial charge in [0.25, 0.3) is 5.91 Å². The van der Waals surface area contributed by atoms with E-state index in [1.165, 1.54) is 5.56 Å². The highest BCUT2D eigenvalue weighted by molar-refractivity contribution is 7.99. The summed E-state index contributed by atoms with van der Waals surface area (Å²) < 4.78 is 5.92. The second kappa shape index (κ2) is 10.2. The summed E-state index contributed by atoms with van der Waals surface area (Å²) in [6.45, 7) is 2.50. The van der Waals surface area contributed by atoms with Crippen molar-refractivity contribution in [3.63, 3.8) is 0 Å². The van der Waals surface area contributed by atoms with Crippen molar-refractivity contribution in [1.29, 1.82) is 0 Å². The highest BCUT2D eigenvalue weighted by Crippen LogP contribution is 2.31. The lowest BCUT2D eigenvalue weighted by Gasteiger charge is -2.28. The van der Waals surface area contributed by atoms with Crippen molar-refractivity contribution in [1.82, 2.24) is 15.8 Å². The smallest absolute Gasteiger partial charge is 0.251 e. The van der Waals surface area contributed by atoms with Gasteiger partial charge in [-0.25, -0.2) is 5.48 Å². The van der Waals surface area contributed by atoms with Crippen LogP contribution in [0.1, 0.15) is 34.5 Å². The maximum atomic E-state index is 12.8. The molecule has 0 radical (unpaired) electrons. The van der Waals surface area contributed by atoms with Crippen LogP contribution in [0.2, 0.25) is 0 Å². The number of hydrogen-bond acceptors (Lipinski definition) is 6. The highest BCUT2D eigenvalue weighted by Gasteiger charge is 2.38. The summed E-state index contributed by atoms with van der Waals surface area (Å²) in [5.74, 6) is 1.44. The van der Waals surface area contributed by atoms with E-state index in [1.807, 2.05) is 25.1 Å². The first kappa shape index (κ1) is 23.1. The second-order valence-corrected chi connectivity index (χ2v) is 9.42. The molecule has 0 saturated carbocycles. The molecule has 8 heteroatoms. The van der Waals surface area contributed by atoms with E-state index in [0.717, 1.165) is 28.8 Å². The molecule has 2 aromatic carbocycles. The number of amides is 2. The predicted molar refractivity (Wildman–Crippen MR) is 129 cm³/mol. The molecule has 0 aliphatic carbocycles. The fourth-order valence-electron chi connectivity index (χ4n) is 4.13. The number of aromatic nitrogens is 1. The van der Waals surface area contributed by atoms with Crippen LogP contribution in [0.25, 0.3) is 10.9 Å². The lowest BCUT2D eigenvalue weighted by Crippen LogP contribution is -2.51. The Morgan fingerprint density at radius 1 is 1.18 bits per heavy atom. The lowest BCUT2D eigenvalue weighted by molar-refractivity contribution is -0.130. The molecule has 1 aromatic heterocycles. The average Bonchev–Trinajstić information content (AvgIpc) is 3.27. The van der Waals surface area contributed by atoms with Gasteiger partial charge in [-0.05, 0) is 61.1 Å². The van der Waals surface area contributed by atoms with Crippen LogP contribution >= 0.6 is 11.8 Å². The zero-order valence-corrected chi connectivity index (χ0v) is 19.3. The van der Waals surface area contributed by atoms with Gasteiger partial charge in [0.05, 0.1) is 24.1 Å². The second-order valence-electron chi connectivity index (χ2n) is 8.31. The molecule has 3 N–H and O–H groups in total. The van der Waals surface area contributed by atoms with Crippen molar-refractivity contribution < 1.29 is 19.5 Å². The molecule has 1 atom stereocenters. The quantitative estimate of drug-likeness (QED) is 0.347. The van der Waals surface area contributed by atoms with Gasteiger partial charge in [0, 0.05) is 28.8 Å². The Labute approximate surface area is 196 Å². The molecule has 2 amide bonds. The molecule has 1 unspecified atom stereocenters. The van der Waals surface area contributed by atoms with Crippen molar-refractivity contribution in [2.24, 2.45) is 0 Å². The number of ether oxygens (including phenoxy) is 1. The monoisotopic (exact) mass is 465 g/mol. The fraction of sp³-hybridized carbons (Fsp3) is 0.320. The van der Waals surface area contributed by atoms with Gasteiger partial charge in [-0.15, -0.1) is 0 Å². The summed E-state index contributed by atoms with van der Waals surface area (Å²) in [7, 11) is 0. The van der Waals surface area contributed by atoms with E-state index in [9.17, 15) is 9.59 Å². The zero-order valence-electron chi connectivity index (χ0n) is 18.5. The molecule has 4 rings (SSSR count). The predicted octanol–water partition coefficient (Wildman–Crippen LogP) is 3.67. The first-order valence-corrected chi connectivity index (χ1v) is 12.0. The number of pyridine rings is 1. The van der Waals surface area contributed by atoms with E-state index in [2.05, 4.69) is 22.4 Å². The van der Waals surface area contributed by atoms with Crippen LogP contribution in [0.3, 0.4) is 0 Å². The van der Waals surface area contributed by atoms with Gasteiger partial charge < -0.3 is 10.1 Å². The normalized spacial score (nSPS) is 17.6. The first-order valence-electron chi connectivity index (χ1n) is 10.9. The number of carbonyl (C=O) groups is 2. The van der Waals surface area contributed by atoms with E-state index in [0.29, 0.717) is 30.1 Å². The average molecular weight is 466 g/mol. The third-order valence-corrected chi connectivity index (χ3v) is 7.04. The van der Waals surface area contributed by atoms with Crippen LogP contribution in [0.4, 0.5) is 0 Å². The third-order valence-electron chi connectivity index (χ3n) is 5.79. The van der Waals surface area contributed by atoms with E-state index >= 15 is 0 Å². The molecule has 7 nitrogen and oxygen atoms in total. The number of para-hydroxylation sites is 1. The van der Waals surface area contributed by atoms with Crippen molar-refractivity contribution in [2.75, 3.05) is 18.1 Å². The molecule has 0 bridgehead atoms. The standard InChI is InChI=1S/C25H27N3O4S/c1-17-14-19(21-4-2-3-5-22(21)26-17)10-12-32-20-8-6-18(7-9-20)24(30)27-25(11-13-33-16-25)15-23(29)28-31/h2-9,14,31H,10-13,15-16H2,1H3,(H,27,30)(H,28,29). The number of rotatable bonds is 8. The summed E-state index contributed by atoms with van der Waals surface area (Å²) in [6.07, 6.45) is 1.48. The van der Waals surface area contributed by atoms with Crippen LogP contribution in [-0.4, -0.2) is 45.7 Å². The Bertz CT molecular complexity index is 1140.